The summed E-state index contributed by atoms with van der Waals surface area (Å²) in [7, 11) is 1.95. The molecule has 0 amide bonds. The maximum atomic E-state index is 13.1. The van der Waals surface area contributed by atoms with Gasteiger partial charge in [-0.25, -0.2) is 4.98 Å². The summed E-state index contributed by atoms with van der Waals surface area (Å²) in [6.45, 7) is 0. The van der Waals surface area contributed by atoms with Gasteiger partial charge in [0.1, 0.15) is 12.6 Å². The Labute approximate surface area is 170 Å². The van der Waals surface area contributed by atoms with Gasteiger partial charge in [-0.1, -0.05) is 12.8 Å². The van der Waals surface area contributed by atoms with Gasteiger partial charge in [0.25, 0.3) is 5.56 Å². The Morgan fingerprint density at radius 2 is 2.08 bits per heavy atom. The Bertz CT molecular complexity index is 1000. The standard InChI is InChI=1S/C18H19BrN3O2.HI/c1-21-8-4-5-11-13(19)9-12-16(17(11)21)20-10-22(18(12)24)14-6-2-3-7-15(14)23;/h4-5,8-10,14-15,23H,2-3,6-7H2,1H3;1H/q+1;/p-1/t14-,15-;/m0./s1. The zero-order chi connectivity index (χ0) is 16.8. The van der Waals surface area contributed by atoms with Crippen LogP contribution in [0.25, 0.3) is 21.8 Å². The third kappa shape index (κ3) is 3.10. The molecule has 1 aliphatic rings. The van der Waals surface area contributed by atoms with Crippen LogP contribution < -0.4 is 34.1 Å². The lowest BCUT2D eigenvalue weighted by molar-refractivity contribution is -0.644. The first-order valence-corrected chi connectivity index (χ1v) is 9.03. The highest BCUT2D eigenvalue weighted by Crippen LogP contribution is 2.30. The molecule has 0 aliphatic heterocycles. The fourth-order valence-corrected chi connectivity index (χ4v) is 4.31. The SMILES string of the molecule is C[n+]1cccc2c(Br)cc3c(=O)n([C@H]4CCCC[C@@H]4O)cnc3c21.[I-]. The van der Waals surface area contributed by atoms with Crippen molar-refractivity contribution in [2.24, 2.45) is 7.05 Å². The molecule has 1 N–H and O–H groups in total. The molecule has 0 bridgehead atoms. The summed E-state index contributed by atoms with van der Waals surface area (Å²) < 4.78 is 4.48. The number of fused-ring (bicyclic) bond motifs is 3. The van der Waals surface area contributed by atoms with E-state index < -0.39 is 6.10 Å². The number of pyridine rings is 1. The first kappa shape index (κ1) is 18.7. The monoisotopic (exact) mass is 515 g/mol. The van der Waals surface area contributed by atoms with Crippen LogP contribution in [-0.4, -0.2) is 20.8 Å². The van der Waals surface area contributed by atoms with Gasteiger partial charge < -0.3 is 29.1 Å². The minimum atomic E-state index is -0.476. The van der Waals surface area contributed by atoms with Gasteiger partial charge >= 0.3 is 0 Å². The van der Waals surface area contributed by atoms with Crippen LogP contribution in [-0.2, 0) is 7.05 Å². The maximum Gasteiger partial charge on any atom is 0.261 e. The van der Waals surface area contributed by atoms with Crippen molar-refractivity contribution in [3.8, 4) is 0 Å². The summed E-state index contributed by atoms with van der Waals surface area (Å²) >= 11 is 3.58. The molecule has 7 heteroatoms. The fraction of sp³-hybridized carbons (Fsp3) is 0.389. The van der Waals surface area contributed by atoms with Crippen LogP contribution in [0.5, 0.6) is 0 Å². The second kappa shape index (κ2) is 7.28. The van der Waals surface area contributed by atoms with Crippen LogP contribution in [0.15, 0.2) is 40.0 Å². The van der Waals surface area contributed by atoms with Gasteiger partial charge in [-0.15, -0.1) is 0 Å². The number of halogens is 2. The second-order valence-electron chi connectivity index (χ2n) is 6.51. The van der Waals surface area contributed by atoms with Gasteiger partial charge in [0.15, 0.2) is 6.20 Å². The van der Waals surface area contributed by atoms with Crippen molar-refractivity contribution in [3.63, 3.8) is 0 Å². The summed E-state index contributed by atoms with van der Waals surface area (Å²) in [5.74, 6) is 0. The van der Waals surface area contributed by atoms with Crippen LogP contribution in [0, 0.1) is 0 Å². The molecule has 2 atom stereocenters. The molecule has 25 heavy (non-hydrogen) atoms. The van der Waals surface area contributed by atoms with Gasteiger partial charge in [-0.3, -0.25) is 9.36 Å². The molecule has 1 aromatic carbocycles. The van der Waals surface area contributed by atoms with Crippen molar-refractivity contribution in [1.82, 2.24) is 9.55 Å². The predicted octanol–water partition coefficient (Wildman–Crippen LogP) is -0.383. The maximum absolute atomic E-state index is 13.1. The minimum Gasteiger partial charge on any atom is -1.00 e. The van der Waals surface area contributed by atoms with Gasteiger partial charge in [0.2, 0.25) is 5.52 Å². The molecule has 0 saturated heterocycles. The molecule has 1 saturated carbocycles. The summed E-state index contributed by atoms with van der Waals surface area (Å²) in [6.07, 6.45) is 6.68. The molecular weight excluding hydrogens is 497 g/mol. The van der Waals surface area contributed by atoms with Crippen molar-refractivity contribution in [3.05, 3.63) is 45.5 Å². The lowest BCUT2D eigenvalue weighted by Crippen LogP contribution is -3.00. The number of nitrogens with zero attached hydrogens (tertiary/aromatic N) is 3. The molecule has 132 valence electrons. The zero-order valence-corrected chi connectivity index (χ0v) is 17.6. The Morgan fingerprint density at radius 1 is 1.32 bits per heavy atom. The van der Waals surface area contributed by atoms with E-state index in [1.165, 1.54) is 0 Å². The fourth-order valence-electron chi connectivity index (χ4n) is 3.76. The molecule has 4 rings (SSSR count). The number of aliphatic hydroxyl groups is 1. The third-order valence-corrected chi connectivity index (χ3v) is 5.67. The molecule has 1 aliphatic carbocycles. The third-order valence-electron chi connectivity index (χ3n) is 5.02. The van der Waals surface area contributed by atoms with Crippen LogP contribution in [0.2, 0.25) is 0 Å². The van der Waals surface area contributed by atoms with Gasteiger partial charge in [-0.2, -0.15) is 4.57 Å². The van der Waals surface area contributed by atoms with Crippen LogP contribution in [0.1, 0.15) is 31.7 Å². The topological polar surface area (TPSA) is 59.0 Å². The smallest absolute Gasteiger partial charge is 0.261 e. The molecular formula is C18H19BrIN3O2. The molecule has 0 spiro atoms. The molecule has 1 fully saturated rings. The van der Waals surface area contributed by atoms with Crippen molar-refractivity contribution in [1.29, 1.82) is 0 Å². The van der Waals surface area contributed by atoms with E-state index in [0.29, 0.717) is 10.9 Å². The van der Waals surface area contributed by atoms with Crippen molar-refractivity contribution < 1.29 is 33.7 Å². The second-order valence-corrected chi connectivity index (χ2v) is 7.37. The van der Waals surface area contributed by atoms with E-state index >= 15 is 0 Å². The molecule has 2 heterocycles. The molecule has 0 radical (unpaired) electrons. The van der Waals surface area contributed by atoms with E-state index in [0.717, 1.165) is 41.1 Å². The Morgan fingerprint density at radius 3 is 2.84 bits per heavy atom. The molecule has 5 nitrogen and oxygen atoms in total. The number of aromatic nitrogens is 3. The van der Waals surface area contributed by atoms with Crippen LogP contribution in [0.4, 0.5) is 0 Å². The van der Waals surface area contributed by atoms with E-state index in [9.17, 15) is 9.90 Å². The van der Waals surface area contributed by atoms with Crippen molar-refractivity contribution >= 4 is 37.7 Å². The van der Waals surface area contributed by atoms with Crippen molar-refractivity contribution in [2.75, 3.05) is 0 Å². The van der Waals surface area contributed by atoms with Crippen LogP contribution in [0.3, 0.4) is 0 Å². The molecule has 2 aromatic heterocycles. The van der Waals surface area contributed by atoms with Gasteiger partial charge in [0.05, 0.1) is 29.2 Å². The highest BCUT2D eigenvalue weighted by Gasteiger charge is 2.27. The number of hydrogen-bond donors (Lipinski definition) is 1. The Kier molecular flexibility index (Phi) is 5.45. The summed E-state index contributed by atoms with van der Waals surface area (Å²) in [6, 6.07) is 5.65. The lowest BCUT2D eigenvalue weighted by atomic mass is 9.92. The average Bonchev–Trinajstić information content (AvgIpc) is 2.57. The first-order chi connectivity index (χ1) is 11.6. The van der Waals surface area contributed by atoms with Crippen LogP contribution >= 0.6 is 15.9 Å². The summed E-state index contributed by atoms with van der Waals surface area (Å²) in [5, 5.41) is 11.9. The van der Waals surface area contributed by atoms with Gasteiger partial charge in [0, 0.05) is 10.5 Å². The highest BCUT2D eigenvalue weighted by molar-refractivity contribution is 9.10. The average molecular weight is 516 g/mol. The number of hydrogen-bond acceptors (Lipinski definition) is 3. The highest BCUT2D eigenvalue weighted by atomic mass is 127. The van der Waals surface area contributed by atoms with E-state index in [1.807, 2.05) is 36.0 Å². The lowest BCUT2D eigenvalue weighted by Gasteiger charge is -2.29. The summed E-state index contributed by atoms with van der Waals surface area (Å²) in [4.78, 5) is 17.7. The summed E-state index contributed by atoms with van der Waals surface area (Å²) in [5.41, 5.74) is 1.54. The largest absolute Gasteiger partial charge is 1.00 e. The number of rotatable bonds is 1. The quantitative estimate of drug-likeness (QED) is 0.273. The van der Waals surface area contributed by atoms with E-state index in [2.05, 4.69) is 20.9 Å². The number of aryl methyl sites for hydroxylation is 1. The van der Waals surface area contributed by atoms with E-state index in [-0.39, 0.29) is 35.6 Å². The van der Waals surface area contributed by atoms with Crippen molar-refractivity contribution in [2.45, 2.75) is 37.8 Å². The van der Waals surface area contributed by atoms with Gasteiger partial charge in [-0.05, 0) is 40.9 Å². The Hall–Kier alpha value is -1.06. The predicted molar refractivity (Wildman–Crippen MR) is 95.9 cm³/mol. The first-order valence-electron chi connectivity index (χ1n) is 8.23. The van der Waals surface area contributed by atoms with E-state index in [4.69, 9.17) is 0 Å². The zero-order valence-electron chi connectivity index (χ0n) is 13.8. The normalized spacial score (nSPS) is 20.6. The minimum absolute atomic E-state index is 0. The number of benzene rings is 1. The molecule has 0 unspecified atom stereocenters. The number of aliphatic hydroxyl groups excluding tert-OH is 1. The molecule has 3 aromatic rings. The Balaban J connectivity index is 0.00000182. The van der Waals surface area contributed by atoms with E-state index in [1.54, 1.807) is 10.9 Å².